The predicted octanol–water partition coefficient (Wildman–Crippen LogP) is 2.64. The van der Waals surface area contributed by atoms with Crippen LogP contribution in [0.15, 0.2) is 30.6 Å². The van der Waals surface area contributed by atoms with Crippen molar-refractivity contribution < 1.29 is 9.72 Å². The molecular formula is C11H8ClN3O3. The van der Waals surface area contributed by atoms with Gasteiger partial charge in [0.25, 0.3) is 5.69 Å². The third-order valence-electron chi connectivity index (χ3n) is 2.37. The van der Waals surface area contributed by atoms with Gasteiger partial charge in [-0.25, -0.2) is 4.68 Å². The Morgan fingerprint density at radius 2 is 2.22 bits per heavy atom. The van der Waals surface area contributed by atoms with Gasteiger partial charge in [0.15, 0.2) is 5.78 Å². The third-order valence-corrected chi connectivity index (χ3v) is 2.57. The van der Waals surface area contributed by atoms with Crippen molar-refractivity contribution in [1.82, 2.24) is 9.78 Å². The molecule has 0 unspecified atom stereocenters. The summed E-state index contributed by atoms with van der Waals surface area (Å²) in [5, 5.41) is 15.3. The average molecular weight is 266 g/mol. The lowest BCUT2D eigenvalue weighted by Gasteiger charge is -2.03. The number of nitro groups is 1. The topological polar surface area (TPSA) is 78.0 Å². The zero-order valence-corrected chi connectivity index (χ0v) is 10.1. The SMILES string of the molecule is CC(=O)c1ccc(-n2cc(Cl)cn2)cc1[N+](=O)[O-]. The lowest BCUT2D eigenvalue weighted by Crippen LogP contribution is -2.02. The summed E-state index contributed by atoms with van der Waals surface area (Å²) >= 11 is 5.72. The minimum Gasteiger partial charge on any atom is -0.294 e. The van der Waals surface area contributed by atoms with E-state index in [0.717, 1.165) is 0 Å². The first-order chi connectivity index (χ1) is 8.49. The van der Waals surface area contributed by atoms with Crippen molar-refractivity contribution in [3.05, 3.63) is 51.3 Å². The van der Waals surface area contributed by atoms with Crippen LogP contribution in [0, 0.1) is 10.1 Å². The lowest BCUT2D eigenvalue weighted by atomic mass is 10.1. The zero-order chi connectivity index (χ0) is 13.3. The maximum atomic E-state index is 11.3. The number of nitrogens with zero attached hydrogens (tertiary/aromatic N) is 3. The fourth-order valence-corrected chi connectivity index (χ4v) is 1.69. The van der Waals surface area contributed by atoms with Crippen LogP contribution in [0.5, 0.6) is 0 Å². The molecule has 0 N–H and O–H groups in total. The molecular weight excluding hydrogens is 258 g/mol. The van der Waals surface area contributed by atoms with Gasteiger partial charge in [0.2, 0.25) is 0 Å². The highest BCUT2D eigenvalue weighted by atomic mass is 35.5. The molecule has 92 valence electrons. The van der Waals surface area contributed by atoms with Crippen molar-refractivity contribution in [3.63, 3.8) is 0 Å². The molecule has 1 heterocycles. The summed E-state index contributed by atoms with van der Waals surface area (Å²) in [6, 6.07) is 4.28. The van der Waals surface area contributed by atoms with Gasteiger partial charge < -0.3 is 0 Å². The Morgan fingerprint density at radius 3 is 2.72 bits per heavy atom. The Balaban J connectivity index is 2.56. The molecule has 0 bridgehead atoms. The molecule has 0 aliphatic carbocycles. The smallest absolute Gasteiger partial charge is 0.282 e. The number of Topliss-reactive ketones (excluding diaryl/α,β-unsaturated/α-hetero) is 1. The van der Waals surface area contributed by atoms with Crippen LogP contribution in [0.3, 0.4) is 0 Å². The van der Waals surface area contributed by atoms with Crippen molar-refractivity contribution in [1.29, 1.82) is 0 Å². The lowest BCUT2D eigenvalue weighted by molar-refractivity contribution is -0.385. The molecule has 0 radical (unpaired) electrons. The molecule has 0 atom stereocenters. The number of ketones is 1. The number of nitro benzene ring substituents is 1. The largest absolute Gasteiger partial charge is 0.294 e. The summed E-state index contributed by atoms with van der Waals surface area (Å²) in [5.74, 6) is -0.355. The summed E-state index contributed by atoms with van der Waals surface area (Å²) in [5.41, 5.74) is 0.298. The molecule has 0 aliphatic rings. The van der Waals surface area contributed by atoms with Crippen LogP contribution in [0.2, 0.25) is 5.02 Å². The number of rotatable bonds is 3. The molecule has 1 aromatic carbocycles. The Bertz CT molecular complexity index is 636. The molecule has 1 aromatic heterocycles. The Hall–Kier alpha value is -2.21. The molecule has 7 heteroatoms. The van der Waals surface area contributed by atoms with Gasteiger partial charge in [0.1, 0.15) is 0 Å². The van der Waals surface area contributed by atoms with Gasteiger partial charge in [-0.2, -0.15) is 5.10 Å². The van der Waals surface area contributed by atoms with E-state index < -0.39 is 4.92 Å². The summed E-state index contributed by atoms with van der Waals surface area (Å²) in [4.78, 5) is 21.6. The van der Waals surface area contributed by atoms with E-state index in [4.69, 9.17) is 11.6 Å². The number of carbonyl (C=O) groups is 1. The predicted molar refractivity (Wildman–Crippen MR) is 65.2 cm³/mol. The Kier molecular flexibility index (Phi) is 3.12. The van der Waals surface area contributed by atoms with Crippen LogP contribution in [0.4, 0.5) is 5.69 Å². The van der Waals surface area contributed by atoms with Gasteiger partial charge in [0.05, 0.1) is 27.4 Å². The molecule has 0 spiro atoms. The zero-order valence-electron chi connectivity index (χ0n) is 9.33. The number of halogens is 1. The van der Waals surface area contributed by atoms with Gasteiger partial charge >= 0.3 is 0 Å². The summed E-state index contributed by atoms with van der Waals surface area (Å²) in [6.45, 7) is 1.28. The van der Waals surface area contributed by atoms with Gasteiger partial charge in [-0.1, -0.05) is 11.6 Å². The van der Waals surface area contributed by atoms with E-state index >= 15 is 0 Å². The van der Waals surface area contributed by atoms with Crippen LogP contribution in [-0.2, 0) is 0 Å². The molecule has 18 heavy (non-hydrogen) atoms. The van der Waals surface area contributed by atoms with E-state index in [1.807, 2.05) is 0 Å². The number of hydrogen-bond acceptors (Lipinski definition) is 4. The standard InChI is InChI=1S/C11H8ClN3O3/c1-7(16)10-3-2-9(4-11(10)15(17)18)14-6-8(12)5-13-14/h2-6H,1H3. The molecule has 0 saturated carbocycles. The number of aromatic nitrogens is 2. The Morgan fingerprint density at radius 1 is 1.50 bits per heavy atom. The highest BCUT2D eigenvalue weighted by Crippen LogP contribution is 2.23. The molecule has 6 nitrogen and oxygen atoms in total. The first-order valence-electron chi connectivity index (χ1n) is 4.99. The Labute approximate surface area is 107 Å². The van der Waals surface area contributed by atoms with Crippen LogP contribution in [0.25, 0.3) is 5.69 Å². The molecule has 0 saturated heterocycles. The van der Waals surface area contributed by atoms with Crippen molar-refractivity contribution in [2.75, 3.05) is 0 Å². The minimum atomic E-state index is -0.592. The third kappa shape index (κ3) is 2.23. The monoisotopic (exact) mass is 265 g/mol. The first kappa shape index (κ1) is 12.3. The maximum absolute atomic E-state index is 11.3. The molecule has 0 amide bonds. The van der Waals surface area contributed by atoms with Gasteiger partial charge in [-0.3, -0.25) is 14.9 Å². The fraction of sp³-hybridized carbons (Fsp3) is 0.0909. The number of hydrogen-bond donors (Lipinski definition) is 0. The summed E-state index contributed by atoms with van der Waals surface area (Å²) in [6.07, 6.45) is 2.94. The highest BCUT2D eigenvalue weighted by molar-refractivity contribution is 6.30. The normalized spacial score (nSPS) is 10.3. The van der Waals surface area contributed by atoms with Crippen LogP contribution in [0.1, 0.15) is 17.3 Å². The average Bonchev–Trinajstić information content (AvgIpc) is 2.75. The van der Waals surface area contributed by atoms with Crippen LogP contribution < -0.4 is 0 Å². The van der Waals surface area contributed by atoms with E-state index in [1.54, 1.807) is 6.07 Å². The second kappa shape index (κ2) is 4.58. The van der Waals surface area contributed by atoms with Gasteiger partial charge in [0, 0.05) is 12.3 Å². The fourth-order valence-electron chi connectivity index (χ4n) is 1.55. The number of benzene rings is 1. The van der Waals surface area contributed by atoms with Crippen molar-refractivity contribution >= 4 is 23.1 Å². The minimum absolute atomic E-state index is 0.0713. The van der Waals surface area contributed by atoms with Crippen molar-refractivity contribution in [2.24, 2.45) is 0 Å². The molecule has 2 rings (SSSR count). The summed E-state index contributed by atoms with van der Waals surface area (Å²) in [7, 11) is 0. The molecule has 2 aromatic rings. The first-order valence-corrected chi connectivity index (χ1v) is 5.37. The van der Waals surface area contributed by atoms with Crippen molar-refractivity contribution in [2.45, 2.75) is 6.92 Å². The second-order valence-electron chi connectivity index (χ2n) is 3.62. The second-order valence-corrected chi connectivity index (χ2v) is 4.05. The summed E-state index contributed by atoms with van der Waals surface area (Å²) < 4.78 is 1.40. The van der Waals surface area contributed by atoms with E-state index in [9.17, 15) is 14.9 Å². The van der Waals surface area contributed by atoms with E-state index in [1.165, 1.54) is 36.1 Å². The molecule has 0 aliphatic heterocycles. The van der Waals surface area contributed by atoms with Crippen molar-refractivity contribution in [3.8, 4) is 5.69 Å². The van der Waals surface area contributed by atoms with Gasteiger partial charge in [-0.05, 0) is 19.1 Å². The maximum Gasteiger partial charge on any atom is 0.282 e. The van der Waals surface area contributed by atoms with Crippen LogP contribution in [-0.4, -0.2) is 20.5 Å². The van der Waals surface area contributed by atoms with E-state index in [-0.39, 0.29) is 17.0 Å². The quantitative estimate of drug-likeness (QED) is 0.485. The molecule has 0 fully saturated rings. The highest BCUT2D eigenvalue weighted by Gasteiger charge is 2.18. The van der Waals surface area contributed by atoms with Crippen LogP contribution >= 0.6 is 11.6 Å². The van der Waals surface area contributed by atoms with E-state index in [0.29, 0.717) is 10.7 Å². The number of carbonyl (C=O) groups excluding carboxylic acids is 1. The van der Waals surface area contributed by atoms with E-state index in [2.05, 4.69) is 5.10 Å². The van der Waals surface area contributed by atoms with Gasteiger partial charge in [-0.15, -0.1) is 0 Å².